The average Bonchev–Trinajstić information content (AvgIpc) is 2.69. The van der Waals surface area contributed by atoms with Crippen LogP contribution in [0, 0.1) is 5.82 Å². The maximum atomic E-state index is 13.8. The molecule has 0 aromatic heterocycles. The minimum absolute atomic E-state index is 0.0415. The molecule has 0 N–H and O–H groups in total. The lowest BCUT2D eigenvalue weighted by atomic mass is 9.83. The fraction of sp³-hybridized carbons (Fsp3) is 0.217. The summed E-state index contributed by atoms with van der Waals surface area (Å²) >= 11 is 6.06. The van der Waals surface area contributed by atoms with Gasteiger partial charge in [0.25, 0.3) is 0 Å². The summed E-state index contributed by atoms with van der Waals surface area (Å²) in [6, 6.07) is 13.1. The summed E-state index contributed by atoms with van der Waals surface area (Å²) in [5, 5.41) is 0.567. The van der Waals surface area contributed by atoms with Crippen molar-refractivity contribution in [1.29, 1.82) is 0 Å². The van der Waals surface area contributed by atoms with Crippen LogP contribution in [-0.4, -0.2) is 23.4 Å². The van der Waals surface area contributed by atoms with E-state index < -0.39 is 17.7 Å². The van der Waals surface area contributed by atoms with Crippen LogP contribution in [0.3, 0.4) is 0 Å². The van der Waals surface area contributed by atoms with Gasteiger partial charge >= 0.3 is 5.97 Å². The predicted molar refractivity (Wildman–Crippen MR) is 110 cm³/mol. The first-order chi connectivity index (χ1) is 13.9. The lowest BCUT2D eigenvalue weighted by Gasteiger charge is -2.34. The number of esters is 1. The number of hydrogen-bond donors (Lipinski definition) is 0. The van der Waals surface area contributed by atoms with E-state index in [1.165, 1.54) is 18.2 Å². The number of amides is 1. The second-order valence-electron chi connectivity index (χ2n) is 6.81. The highest BCUT2D eigenvalue weighted by Gasteiger charge is 2.37. The highest BCUT2D eigenvalue weighted by molar-refractivity contribution is 6.30. The number of benzene rings is 2. The highest BCUT2D eigenvalue weighted by atomic mass is 35.5. The highest BCUT2D eigenvalue weighted by Crippen LogP contribution is 2.38. The van der Waals surface area contributed by atoms with Crippen molar-refractivity contribution in [2.45, 2.75) is 25.8 Å². The first kappa shape index (κ1) is 20.8. The molecule has 2 aromatic rings. The minimum Gasteiger partial charge on any atom is -0.458 e. The number of rotatable bonds is 6. The molecule has 0 saturated carbocycles. The Balaban J connectivity index is 2.03. The Hall–Kier alpha value is -2.92. The van der Waals surface area contributed by atoms with Gasteiger partial charge in [0.1, 0.15) is 12.4 Å². The number of hydrogen-bond acceptors (Lipinski definition) is 3. The van der Waals surface area contributed by atoms with E-state index in [2.05, 4.69) is 6.58 Å². The van der Waals surface area contributed by atoms with Crippen LogP contribution in [0.25, 0.3) is 0 Å². The van der Waals surface area contributed by atoms with Gasteiger partial charge in [0, 0.05) is 23.1 Å². The molecule has 1 atom stereocenters. The molecule has 2 aromatic carbocycles. The van der Waals surface area contributed by atoms with Gasteiger partial charge in [-0.05, 0) is 42.3 Å². The Morgan fingerprint density at radius 1 is 1.31 bits per heavy atom. The summed E-state index contributed by atoms with van der Waals surface area (Å²) in [6.07, 6.45) is 1.52. The molecule has 29 heavy (non-hydrogen) atoms. The standard InChI is InChI=1S/C23H21ClFNO3/c1-3-10-29-23(28)22-15(2)26(14-16-6-4-8-18(24)11-16)21(27)13-20(22)17-7-5-9-19(25)12-17/h3-9,11-12,20H,1,10,13-14H2,2H3/t20-/m1/s1. The number of nitrogens with zero attached hydrogens (tertiary/aromatic N) is 1. The van der Waals surface area contributed by atoms with Crippen molar-refractivity contribution in [1.82, 2.24) is 4.90 Å². The van der Waals surface area contributed by atoms with E-state index in [9.17, 15) is 14.0 Å². The van der Waals surface area contributed by atoms with E-state index >= 15 is 0 Å². The maximum absolute atomic E-state index is 13.8. The smallest absolute Gasteiger partial charge is 0.336 e. The molecule has 150 valence electrons. The Morgan fingerprint density at radius 2 is 2.07 bits per heavy atom. The quantitative estimate of drug-likeness (QED) is 0.494. The molecular formula is C23H21ClFNO3. The lowest BCUT2D eigenvalue weighted by Crippen LogP contribution is -2.38. The summed E-state index contributed by atoms with van der Waals surface area (Å²) < 4.78 is 19.1. The third-order valence-electron chi connectivity index (χ3n) is 4.86. The summed E-state index contributed by atoms with van der Waals surface area (Å²) in [7, 11) is 0. The molecule has 0 radical (unpaired) electrons. The molecule has 3 rings (SSSR count). The van der Waals surface area contributed by atoms with Crippen LogP contribution >= 0.6 is 11.6 Å². The van der Waals surface area contributed by atoms with Gasteiger partial charge in [-0.1, -0.05) is 48.5 Å². The molecule has 1 amide bonds. The zero-order valence-corrected chi connectivity index (χ0v) is 16.8. The number of allylic oxidation sites excluding steroid dienone is 1. The molecule has 0 unspecified atom stereocenters. The van der Waals surface area contributed by atoms with Crippen LogP contribution < -0.4 is 0 Å². The molecular weight excluding hydrogens is 393 g/mol. The van der Waals surface area contributed by atoms with Crippen LogP contribution in [0.2, 0.25) is 5.02 Å². The topological polar surface area (TPSA) is 46.6 Å². The monoisotopic (exact) mass is 413 g/mol. The van der Waals surface area contributed by atoms with E-state index in [0.717, 1.165) is 5.56 Å². The maximum Gasteiger partial charge on any atom is 0.336 e. The molecule has 6 heteroatoms. The minimum atomic E-state index is -0.578. The first-order valence-electron chi connectivity index (χ1n) is 9.19. The van der Waals surface area contributed by atoms with E-state index in [1.54, 1.807) is 42.2 Å². The third kappa shape index (κ3) is 4.74. The molecule has 1 heterocycles. The largest absolute Gasteiger partial charge is 0.458 e. The lowest BCUT2D eigenvalue weighted by molar-refractivity contribution is -0.139. The van der Waals surface area contributed by atoms with Crippen LogP contribution in [0.1, 0.15) is 30.4 Å². The summed E-state index contributed by atoms with van der Waals surface area (Å²) in [4.78, 5) is 27.3. The fourth-order valence-electron chi connectivity index (χ4n) is 3.51. The first-order valence-corrected chi connectivity index (χ1v) is 9.57. The zero-order chi connectivity index (χ0) is 21.0. The Morgan fingerprint density at radius 3 is 2.76 bits per heavy atom. The van der Waals surface area contributed by atoms with Crippen molar-refractivity contribution in [3.8, 4) is 0 Å². The van der Waals surface area contributed by atoms with Crippen molar-refractivity contribution < 1.29 is 18.7 Å². The third-order valence-corrected chi connectivity index (χ3v) is 5.09. The van der Waals surface area contributed by atoms with Crippen molar-refractivity contribution in [2.75, 3.05) is 6.61 Å². The number of halogens is 2. The molecule has 1 aliphatic heterocycles. The molecule has 0 fully saturated rings. The van der Waals surface area contributed by atoms with E-state index in [1.807, 2.05) is 6.07 Å². The SMILES string of the molecule is C=CCOC(=O)C1=C(C)N(Cc2cccc(Cl)c2)C(=O)C[C@@H]1c1cccc(F)c1. The summed E-state index contributed by atoms with van der Waals surface area (Å²) in [5.41, 5.74) is 2.24. The van der Waals surface area contributed by atoms with Gasteiger partial charge in [0.05, 0.1) is 12.1 Å². The number of ether oxygens (including phenoxy) is 1. The van der Waals surface area contributed by atoms with Gasteiger partial charge in [-0.3, -0.25) is 4.79 Å². The molecule has 0 spiro atoms. The summed E-state index contributed by atoms with van der Waals surface area (Å²) in [5.74, 6) is -1.70. The Kier molecular flexibility index (Phi) is 6.49. The van der Waals surface area contributed by atoms with E-state index in [-0.39, 0.29) is 25.5 Å². The van der Waals surface area contributed by atoms with Gasteiger partial charge in [-0.15, -0.1) is 0 Å². The molecule has 1 aliphatic rings. The number of carbonyl (C=O) groups is 2. The Bertz CT molecular complexity index is 986. The molecule has 0 saturated heterocycles. The second kappa shape index (κ2) is 9.05. The van der Waals surface area contributed by atoms with Crippen molar-refractivity contribution in [3.05, 3.63) is 94.4 Å². The van der Waals surface area contributed by atoms with Crippen LogP contribution in [-0.2, 0) is 20.9 Å². The van der Waals surface area contributed by atoms with Crippen LogP contribution in [0.5, 0.6) is 0 Å². The van der Waals surface area contributed by atoms with Gasteiger partial charge in [-0.2, -0.15) is 0 Å². The van der Waals surface area contributed by atoms with Gasteiger partial charge in [0.2, 0.25) is 5.91 Å². The predicted octanol–water partition coefficient (Wildman–Crippen LogP) is 5.00. The molecule has 0 bridgehead atoms. The second-order valence-corrected chi connectivity index (χ2v) is 7.24. The van der Waals surface area contributed by atoms with Crippen molar-refractivity contribution in [3.63, 3.8) is 0 Å². The van der Waals surface area contributed by atoms with Crippen LogP contribution in [0.4, 0.5) is 4.39 Å². The normalized spacial score (nSPS) is 16.7. The van der Waals surface area contributed by atoms with Crippen molar-refractivity contribution >= 4 is 23.5 Å². The van der Waals surface area contributed by atoms with Gasteiger partial charge in [0.15, 0.2) is 0 Å². The fourth-order valence-corrected chi connectivity index (χ4v) is 3.72. The summed E-state index contributed by atoms with van der Waals surface area (Å²) in [6.45, 7) is 5.59. The number of carbonyl (C=O) groups excluding carboxylic acids is 2. The van der Waals surface area contributed by atoms with Crippen molar-refractivity contribution in [2.24, 2.45) is 0 Å². The molecule has 0 aliphatic carbocycles. The average molecular weight is 414 g/mol. The van der Waals surface area contributed by atoms with Crippen LogP contribution in [0.15, 0.2) is 72.5 Å². The van der Waals surface area contributed by atoms with Gasteiger partial charge in [-0.25, -0.2) is 9.18 Å². The zero-order valence-electron chi connectivity index (χ0n) is 16.0. The van der Waals surface area contributed by atoms with E-state index in [0.29, 0.717) is 21.9 Å². The van der Waals surface area contributed by atoms with Gasteiger partial charge < -0.3 is 9.64 Å². The van der Waals surface area contributed by atoms with E-state index in [4.69, 9.17) is 16.3 Å². The molecule has 4 nitrogen and oxygen atoms in total. The Labute approximate surface area is 174 Å².